The van der Waals surface area contributed by atoms with Gasteiger partial charge < -0.3 is 29.7 Å². The summed E-state index contributed by atoms with van der Waals surface area (Å²) >= 11 is 0. The molecule has 5 rings (SSSR count). The van der Waals surface area contributed by atoms with Gasteiger partial charge in [0.05, 0.1) is 24.5 Å². The van der Waals surface area contributed by atoms with Gasteiger partial charge in [-0.1, -0.05) is 25.9 Å². The molecular formula is C28H44ClN7O3. The molecule has 3 aliphatic rings. The molecular weight excluding hydrogens is 518 g/mol. The molecule has 5 heterocycles. The van der Waals surface area contributed by atoms with E-state index in [-0.39, 0.29) is 36.3 Å². The van der Waals surface area contributed by atoms with Gasteiger partial charge in [0.1, 0.15) is 0 Å². The van der Waals surface area contributed by atoms with Crippen LogP contribution in [0, 0.1) is 11.8 Å². The smallest absolute Gasteiger partial charge is 0.324 e. The second kappa shape index (κ2) is 13.2. The number of carbonyl (C=O) groups excluding carboxylic acids is 1. The van der Waals surface area contributed by atoms with Crippen molar-refractivity contribution in [1.82, 2.24) is 20.0 Å². The van der Waals surface area contributed by atoms with E-state index in [9.17, 15) is 4.79 Å². The Labute approximate surface area is 238 Å². The first-order valence-corrected chi connectivity index (χ1v) is 14.4. The summed E-state index contributed by atoms with van der Waals surface area (Å²) in [6, 6.07) is 4.70. The van der Waals surface area contributed by atoms with Crippen LogP contribution < -0.4 is 20.3 Å². The fourth-order valence-corrected chi connectivity index (χ4v) is 6.01. The Morgan fingerprint density at radius 3 is 2.56 bits per heavy atom. The number of nitrogens with two attached hydrogens (primary N) is 1. The fourth-order valence-electron chi connectivity index (χ4n) is 6.01. The zero-order valence-corrected chi connectivity index (χ0v) is 24.3. The third-order valence-corrected chi connectivity index (χ3v) is 8.56. The number of piperidine rings is 2. The van der Waals surface area contributed by atoms with E-state index in [1.54, 1.807) is 0 Å². The van der Waals surface area contributed by atoms with Crippen molar-refractivity contribution in [2.24, 2.45) is 17.6 Å². The van der Waals surface area contributed by atoms with Gasteiger partial charge in [-0.25, -0.2) is 4.98 Å². The van der Waals surface area contributed by atoms with Crippen molar-refractivity contribution in [3.63, 3.8) is 0 Å². The first-order chi connectivity index (χ1) is 18.4. The van der Waals surface area contributed by atoms with Crippen LogP contribution in [0.15, 0.2) is 22.9 Å². The number of rotatable bonds is 9. The molecule has 3 aliphatic heterocycles. The second-order valence-corrected chi connectivity index (χ2v) is 11.6. The number of nitrogens with zero attached hydrogens (tertiary/aromatic N) is 6. The molecule has 0 saturated carbocycles. The molecule has 216 valence electrons. The van der Waals surface area contributed by atoms with Crippen LogP contribution in [0.25, 0.3) is 0 Å². The lowest BCUT2D eigenvalue weighted by atomic mass is 9.84. The van der Waals surface area contributed by atoms with Crippen LogP contribution in [-0.4, -0.2) is 77.3 Å². The summed E-state index contributed by atoms with van der Waals surface area (Å²) in [5, 5.41) is 4.10. The molecule has 3 atom stereocenters. The van der Waals surface area contributed by atoms with Crippen LogP contribution in [0.5, 0.6) is 5.88 Å². The van der Waals surface area contributed by atoms with E-state index >= 15 is 0 Å². The molecule has 39 heavy (non-hydrogen) atoms. The van der Waals surface area contributed by atoms with Crippen molar-refractivity contribution in [3.05, 3.63) is 24.2 Å². The standard InChI is InChI=1S/C28H43N7O3.ClH/c1-19(2)27-31-28(38-32-27)33-13-9-21(10-14-33)20(3)11-15-37-25-8-7-22(16-30-25)34-17-23(29)24(18-34)35-12-5-4-6-26(35)36;/h7-8,16,19-21,23-24H,4-6,9-15,17-18,29H2,1-3H3;1H/t20-,23-,24+;/m1./s1. The minimum atomic E-state index is -0.0362. The number of hydrogen-bond acceptors (Lipinski definition) is 9. The van der Waals surface area contributed by atoms with Crippen molar-refractivity contribution in [2.45, 2.75) is 77.3 Å². The van der Waals surface area contributed by atoms with Gasteiger partial charge in [-0.05, 0) is 50.0 Å². The van der Waals surface area contributed by atoms with Crippen LogP contribution in [0.3, 0.4) is 0 Å². The number of amides is 1. The molecule has 3 fully saturated rings. The first kappa shape index (κ1) is 29.4. The van der Waals surface area contributed by atoms with Crippen molar-refractivity contribution in [2.75, 3.05) is 49.1 Å². The summed E-state index contributed by atoms with van der Waals surface area (Å²) in [7, 11) is 0. The Kier molecular flexibility index (Phi) is 9.93. The lowest BCUT2D eigenvalue weighted by Crippen LogP contribution is -2.51. The Morgan fingerprint density at radius 2 is 1.90 bits per heavy atom. The predicted octanol–water partition coefficient (Wildman–Crippen LogP) is 3.86. The number of ether oxygens (including phenoxy) is 1. The maximum absolute atomic E-state index is 12.4. The van der Waals surface area contributed by atoms with Gasteiger partial charge in [-0.15, -0.1) is 12.4 Å². The largest absolute Gasteiger partial charge is 0.478 e. The SMILES string of the molecule is CC(C)c1noc(N2CCC([C@H](C)CCOc3ccc(N4C[C@@H](N)[C@@H](N5CCCCC5=O)C4)cn3)CC2)n1.Cl. The number of halogens is 1. The van der Waals surface area contributed by atoms with E-state index < -0.39 is 0 Å². The molecule has 2 aromatic heterocycles. The highest BCUT2D eigenvalue weighted by atomic mass is 35.5. The Hall–Kier alpha value is -2.59. The third kappa shape index (κ3) is 6.95. The Balaban J connectivity index is 0.00000353. The van der Waals surface area contributed by atoms with E-state index in [0.29, 0.717) is 36.8 Å². The average molecular weight is 562 g/mol. The van der Waals surface area contributed by atoms with Gasteiger partial charge in [0.15, 0.2) is 5.82 Å². The van der Waals surface area contributed by atoms with Gasteiger partial charge in [-0.3, -0.25) is 4.79 Å². The molecule has 2 aromatic rings. The minimum Gasteiger partial charge on any atom is -0.478 e. The maximum atomic E-state index is 12.4. The normalized spacial score (nSPS) is 23.3. The Morgan fingerprint density at radius 1 is 1.10 bits per heavy atom. The zero-order valence-electron chi connectivity index (χ0n) is 23.5. The summed E-state index contributed by atoms with van der Waals surface area (Å²) in [5.74, 6) is 3.18. The van der Waals surface area contributed by atoms with Crippen molar-refractivity contribution < 1.29 is 14.1 Å². The lowest BCUT2D eigenvalue weighted by molar-refractivity contribution is -0.135. The summed E-state index contributed by atoms with van der Waals surface area (Å²) in [4.78, 5) is 27.9. The molecule has 1 amide bonds. The number of anilines is 2. The highest BCUT2D eigenvalue weighted by Crippen LogP contribution is 2.30. The van der Waals surface area contributed by atoms with Crippen LogP contribution in [-0.2, 0) is 4.79 Å². The number of hydrogen-bond donors (Lipinski definition) is 1. The molecule has 3 saturated heterocycles. The number of likely N-dealkylation sites (tertiary alicyclic amines) is 1. The van der Waals surface area contributed by atoms with Crippen molar-refractivity contribution >= 4 is 30.0 Å². The monoisotopic (exact) mass is 561 g/mol. The molecule has 0 unspecified atom stereocenters. The number of pyridine rings is 1. The quantitative estimate of drug-likeness (QED) is 0.487. The molecule has 0 bridgehead atoms. The zero-order chi connectivity index (χ0) is 26.6. The van der Waals surface area contributed by atoms with E-state index in [1.165, 1.54) is 0 Å². The average Bonchev–Trinajstić information content (AvgIpc) is 3.57. The number of aromatic nitrogens is 3. The summed E-state index contributed by atoms with van der Waals surface area (Å²) < 4.78 is 11.5. The molecule has 11 heteroatoms. The first-order valence-electron chi connectivity index (χ1n) is 14.4. The lowest BCUT2D eigenvalue weighted by Gasteiger charge is -2.34. The highest BCUT2D eigenvalue weighted by Gasteiger charge is 2.37. The Bertz CT molecular complexity index is 1060. The number of carbonyl (C=O) groups is 1. The highest BCUT2D eigenvalue weighted by molar-refractivity contribution is 5.85. The van der Waals surface area contributed by atoms with Crippen molar-refractivity contribution in [3.8, 4) is 5.88 Å². The maximum Gasteiger partial charge on any atom is 0.324 e. The molecule has 0 radical (unpaired) electrons. The minimum absolute atomic E-state index is 0. The van der Waals surface area contributed by atoms with Gasteiger partial charge in [0.2, 0.25) is 11.8 Å². The van der Waals surface area contributed by atoms with Gasteiger partial charge >= 0.3 is 6.01 Å². The molecule has 10 nitrogen and oxygen atoms in total. The molecule has 0 aliphatic carbocycles. The van der Waals surface area contributed by atoms with Gasteiger partial charge in [0.25, 0.3) is 0 Å². The molecule has 0 aromatic carbocycles. The fraction of sp³-hybridized carbons (Fsp3) is 0.714. The van der Waals surface area contributed by atoms with Crippen molar-refractivity contribution in [1.29, 1.82) is 0 Å². The van der Waals surface area contributed by atoms with Crippen LogP contribution in [0.1, 0.15) is 71.0 Å². The van der Waals surface area contributed by atoms with Crippen LogP contribution in [0.2, 0.25) is 0 Å². The van der Waals surface area contributed by atoms with Gasteiger partial charge in [0, 0.05) is 57.2 Å². The van der Waals surface area contributed by atoms with E-state index in [1.807, 2.05) is 17.2 Å². The summed E-state index contributed by atoms with van der Waals surface area (Å²) in [6.07, 6.45) is 7.81. The molecule has 2 N–H and O–H groups in total. The third-order valence-electron chi connectivity index (χ3n) is 8.56. The summed E-state index contributed by atoms with van der Waals surface area (Å²) in [5.41, 5.74) is 7.47. The van der Waals surface area contributed by atoms with E-state index in [0.717, 1.165) is 76.3 Å². The van der Waals surface area contributed by atoms with Crippen LogP contribution in [0.4, 0.5) is 11.7 Å². The second-order valence-electron chi connectivity index (χ2n) is 11.6. The van der Waals surface area contributed by atoms with E-state index in [4.69, 9.17) is 15.0 Å². The van der Waals surface area contributed by atoms with E-state index in [2.05, 4.69) is 51.8 Å². The topological polar surface area (TPSA) is 114 Å². The molecule has 0 spiro atoms. The van der Waals surface area contributed by atoms with Gasteiger partial charge in [-0.2, -0.15) is 4.98 Å². The summed E-state index contributed by atoms with van der Waals surface area (Å²) in [6.45, 7) is 11.4. The van der Waals surface area contributed by atoms with Crippen LogP contribution >= 0.6 is 12.4 Å². The predicted molar refractivity (Wildman–Crippen MR) is 154 cm³/mol.